The zero-order valence-electron chi connectivity index (χ0n) is 18.4. The first-order chi connectivity index (χ1) is 16.4. The third kappa shape index (κ3) is 5.53. The van der Waals surface area contributed by atoms with E-state index in [0.717, 1.165) is 16.0 Å². The van der Waals surface area contributed by atoms with Crippen LogP contribution in [0.25, 0.3) is 6.08 Å². The van der Waals surface area contributed by atoms with Crippen molar-refractivity contribution in [3.8, 4) is 11.5 Å². The van der Waals surface area contributed by atoms with Crippen LogP contribution in [0, 0.1) is 0 Å². The molecule has 3 amide bonds. The van der Waals surface area contributed by atoms with Crippen LogP contribution in [0.5, 0.6) is 11.5 Å². The molecule has 1 aliphatic heterocycles. The van der Waals surface area contributed by atoms with Gasteiger partial charge in [-0.25, -0.2) is 4.79 Å². The van der Waals surface area contributed by atoms with Crippen molar-refractivity contribution in [2.45, 2.75) is 20.1 Å². The average Bonchev–Trinajstić information content (AvgIpc) is 3.08. The number of nitrogens with zero attached hydrogens (tertiary/aromatic N) is 1. The Bertz CT molecular complexity index is 1230. The van der Waals surface area contributed by atoms with Crippen molar-refractivity contribution in [1.82, 2.24) is 10.2 Å². The number of nitrogens with one attached hydrogen (secondary N) is 1. The van der Waals surface area contributed by atoms with E-state index in [-0.39, 0.29) is 12.2 Å². The van der Waals surface area contributed by atoms with Gasteiger partial charge in [-0.05, 0) is 54.0 Å². The van der Waals surface area contributed by atoms with Crippen molar-refractivity contribution in [1.29, 1.82) is 0 Å². The highest BCUT2D eigenvalue weighted by Gasteiger charge is 2.33. The molecule has 0 spiro atoms. The van der Waals surface area contributed by atoms with Gasteiger partial charge >= 0.3 is 6.03 Å². The lowest BCUT2D eigenvalue weighted by Gasteiger charge is -2.15. The summed E-state index contributed by atoms with van der Waals surface area (Å²) in [7, 11) is 0. The first kappa shape index (κ1) is 23.7. The highest BCUT2D eigenvalue weighted by atomic mass is 35.5. The third-order valence-corrected chi connectivity index (χ3v) is 5.62. The molecule has 0 aliphatic carbocycles. The number of rotatable bonds is 8. The highest BCUT2D eigenvalue weighted by molar-refractivity contribution is 6.32. The van der Waals surface area contributed by atoms with Crippen LogP contribution >= 0.6 is 23.2 Å². The summed E-state index contributed by atoms with van der Waals surface area (Å²) < 4.78 is 11.7. The standard InChI is InChI=1S/C26H22Cl2N2O4/c1-2-33-23-14-19(12-21(28)24(23)34-16-18-6-4-3-5-7-18)13-22-25(31)30(26(32)29-22)15-17-8-10-20(27)11-9-17/h3-14H,2,15-16H2,1H3,(H,29,32)/b22-13-. The maximum absolute atomic E-state index is 12.9. The molecule has 1 saturated heterocycles. The monoisotopic (exact) mass is 496 g/mol. The molecule has 4 rings (SSSR count). The summed E-state index contributed by atoms with van der Waals surface area (Å²) in [4.78, 5) is 26.4. The average molecular weight is 497 g/mol. The van der Waals surface area contributed by atoms with Crippen molar-refractivity contribution >= 4 is 41.2 Å². The maximum atomic E-state index is 12.9. The number of urea groups is 1. The second kappa shape index (κ2) is 10.6. The van der Waals surface area contributed by atoms with E-state index in [2.05, 4.69) is 5.32 Å². The Morgan fingerprint density at radius 1 is 0.941 bits per heavy atom. The van der Waals surface area contributed by atoms with Gasteiger partial charge in [-0.1, -0.05) is 65.7 Å². The lowest BCUT2D eigenvalue weighted by atomic mass is 10.1. The number of carbonyl (C=O) groups excluding carboxylic acids is 2. The number of halogens is 2. The lowest BCUT2D eigenvalue weighted by molar-refractivity contribution is -0.123. The smallest absolute Gasteiger partial charge is 0.329 e. The summed E-state index contributed by atoms with van der Waals surface area (Å²) in [6.45, 7) is 2.73. The molecular formula is C26H22Cl2N2O4. The Morgan fingerprint density at radius 3 is 2.38 bits per heavy atom. The fraction of sp³-hybridized carbons (Fsp3) is 0.154. The number of imide groups is 1. The van der Waals surface area contributed by atoms with Gasteiger partial charge in [0.25, 0.3) is 5.91 Å². The molecule has 8 heteroatoms. The van der Waals surface area contributed by atoms with E-state index in [1.54, 1.807) is 42.5 Å². The molecule has 6 nitrogen and oxygen atoms in total. The van der Waals surface area contributed by atoms with Gasteiger partial charge in [-0.3, -0.25) is 9.69 Å². The van der Waals surface area contributed by atoms with Crippen molar-refractivity contribution in [3.63, 3.8) is 0 Å². The fourth-order valence-electron chi connectivity index (χ4n) is 3.46. The van der Waals surface area contributed by atoms with Crippen LogP contribution in [0.4, 0.5) is 4.79 Å². The zero-order chi connectivity index (χ0) is 24.1. The molecule has 174 valence electrons. The molecule has 1 N–H and O–H groups in total. The van der Waals surface area contributed by atoms with Crippen molar-refractivity contribution in [3.05, 3.63) is 99.2 Å². The molecule has 0 saturated carbocycles. The van der Waals surface area contributed by atoms with Gasteiger partial charge in [0, 0.05) is 5.02 Å². The molecule has 3 aromatic rings. The third-order valence-electron chi connectivity index (χ3n) is 5.08. The van der Waals surface area contributed by atoms with Gasteiger partial charge in [0.1, 0.15) is 12.3 Å². The van der Waals surface area contributed by atoms with E-state index >= 15 is 0 Å². The van der Waals surface area contributed by atoms with Gasteiger partial charge in [-0.2, -0.15) is 0 Å². The summed E-state index contributed by atoms with van der Waals surface area (Å²) in [5.74, 6) is 0.437. The summed E-state index contributed by atoms with van der Waals surface area (Å²) in [6.07, 6.45) is 1.57. The second-order valence-corrected chi connectivity index (χ2v) is 8.39. The van der Waals surface area contributed by atoms with E-state index in [0.29, 0.717) is 40.3 Å². The highest BCUT2D eigenvalue weighted by Crippen LogP contribution is 2.38. The molecule has 0 radical (unpaired) electrons. The number of benzene rings is 3. The second-order valence-electron chi connectivity index (χ2n) is 7.54. The minimum absolute atomic E-state index is 0.135. The normalized spacial score (nSPS) is 14.4. The number of carbonyl (C=O) groups is 2. The quantitative estimate of drug-likeness (QED) is 0.303. The summed E-state index contributed by atoms with van der Waals surface area (Å²) >= 11 is 12.4. The summed E-state index contributed by atoms with van der Waals surface area (Å²) in [6, 6.07) is 19.6. The van der Waals surface area contributed by atoms with E-state index < -0.39 is 11.9 Å². The molecule has 1 aliphatic rings. The minimum Gasteiger partial charge on any atom is -0.490 e. The molecule has 0 unspecified atom stereocenters. The van der Waals surface area contributed by atoms with E-state index in [4.69, 9.17) is 32.7 Å². The van der Waals surface area contributed by atoms with Crippen LogP contribution in [0.15, 0.2) is 72.4 Å². The topological polar surface area (TPSA) is 67.9 Å². The molecule has 0 atom stereocenters. The maximum Gasteiger partial charge on any atom is 0.329 e. The van der Waals surface area contributed by atoms with Gasteiger partial charge in [0.2, 0.25) is 0 Å². The Balaban J connectivity index is 1.55. The lowest BCUT2D eigenvalue weighted by Crippen LogP contribution is -2.30. The predicted octanol–water partition coefficient (Wildman–Crippen LogP) is 6.06. The van der Waals surface area contributed by atoms with E-state index in [9.17, 15) is 9.59 Å². The van der Waals surface area contributed by atoms with Gasteiger partial charge in [-0.15, -0.1) is 0 Å². The first-order valence-electron chi connectivity index (χ1n) is 10.7. The van der Waals surface area contributed by atoms with E-state index in [1.807, 2.05) is 37.3 Å². The predicted molar refractivity (Wildman–Crippen MR) is 132 cm³/mol. The molecule has 0 aromatic heterocycles. The summed E-state index contributed by atoms with van der Waals surface area (Å²) in [5.41, 5.74) is 2.52. The van der Waals surface area contributed by atoms with Crippen LogP contribution in [0.2, 0.25) is 10.0 Å². The summed E-state index contributed by atoms with van der Waals surface area (Å²) in [5, 5.41) is 3.54. The molecule has 3 aromatic carbocycles. The molecule has 34 heavy (non-hydrogen) atoms. The van der Waals surface area contributed by atoms with Crippen molar-refractivity contribution < 1.29 is 19.1 Å². The Kier molecular flexibility index (Phi) is 7.40. The largest absolute Gasteiger partial charge is 0.490 e. The van der Waals surface area contributed by atoms with Crippen molar-refractivity contribution in [2.75, 3.05) is 6.61 Å². The molecular weight excluding hydrogens is 475 g/mol. The Labute approximate surface area is 207 Å². The number of ether oxygens (including phenoxy) is 2. The van der Waals surface area contributed by atoms with Crippen LogP contribution in [0.1, 0.15) is 23.6 Å². The fourth-order valence-corrected chi connectivity index (χ4v) is 3.86. The molecule has 1 heterocycles. The van der Waals surface area contributed by atoms with Gasteiger partial charge in [0.15, 0.2) is 11.5 Å². The SMILES string of the molecule is CCOc1cc(/C=C2\NC(=O)N(Cc3ccc(Cl)cc3)C2=O)cc(Cl)c1OCc1ccccc1. The number of hydrogen-bond donors (Lipinski definition) is 1. The van der Waals surface area contributed by atoms with Gasteiger partial charge < -0.3 is 14.8 Å². The van der Waals surface area contributed by atoms with Crippen LogP contribution in [-0.2, 0) is 17.9 Å². The van der Waals surface area contributed by atoms with Crippen molar-refractivity contribution in [2.24, 2.45) is 0 Å². The minimum atomic E-state index is -0.495. The van der Waals surface area contributed by atoms with Crippen LogP contribution in [0.3, 0.4) is 0 Å². The Morgan fingerprint density at radius 2 is 1.68 bits per heavy atom. The zero-order valence-corrected chi connectivity index (χ0v) is 19.9. The Hall–Kier alpha value is -3.48. The molecule has 1 fully saturated rings. The van der Waals surface area contributed by atoms with Crippen LogP contribution in [-0.4, -0.2) is 23.4 Å². The van der Waals surface area contributed by atoms with Crippen LogP contribution < -0.4 is 14.8 Å². The number of hydrogen-bond acceptors (Lipinski definition) is 4. The van der Waals surface area contributed by atoms with Gasteiger partial charge in [0.05, 0.1) is 18.2 Å². The molecule has 0 bridgehead atoms. The first-order valence-corrected chi connectivity index (χ1v) is 11.4. The van der Waals surface area contributed by atoms with E-state index in [1.165, 1.54) is 0 Å². The number of amides is 3.